The van der Waals surface area contributed by atoms with E-state index in [2.05, 4.69) is 0 Å². The second-order valence-corrected chi connectivity index (χ2v) is 7.63. The maximum atomic E-state index is 12.8. The summed E-state index contributed by atoms with van der Waals surface area (Å²) in [7, 11) is 0. The highest BCUT2D eigenvalue weighted by Crippen LogP contribution is 2.35. The Morgan fingerprint density at radius 1 is 1.15 bits per heavy atom. The SMILES string of the molecule is CC(=O)N1Cc2ccccc2O[C@]2(CCCN(C(=O)[C@@H]3CCCO3)C2)C1. The van der Waals surface area contributed by atoms with E-state index in [0.717, 1.165) is 43.5 Å². The van der Waals surface area contributed by atoms with E-state index >= 15 is 0 Å². The molecule has 2 amide bonds. The predicted octanol–water partition coefficient (Wildman–Crippen LogP) is 1.97. The van der Waals surface area contributed by atoms with E-state index in [1.54, 1.807) is 6.92 Å². The van der Waals surface area contributed by atoms with E-state index in [4.69, 9.17) is 9.47 Å². The molecule has 6 nitrogen and oxygen atoms in total. The van der Waals surface area contributed by atoms with Crippen molar-refractivity contribution in [2.45, 2.75) is 50.9 Å². The number of fused-ring (bicyclic) bond motifs is 1. The number of likely N-dealkylation sites (tertiary alicyclic amines) is 1. The Labute approximate surface area is 154 Å². The number of amides is 2. The minimum atomic E-state index is -0.551. The smallest absolute Gasteiger partial charge is 0.251 e. The summed E-state index contributed by atoms with van der Waals surface area (Å²) < 4.78 is 12.1. The number of hydrogen-bond donors (Lipinski definition) is 0. The van der Waals surface area contributed by atoms with Crippen LogP contribution in [0, 0.1) is 0 Å². The Bertz CT molecular complexity index is 701. The van der Waals surface area contributed by atoms with Crippen molar-refractivity contribution in [3.63, 3.8) is 0 Å². The van der Waals surface area contributed by atoms with E-state index in [0.29, 0.717) is 26.2 Å². The van der Waals surface area contributed by atoms with Gasteiger partial charge < -0.3 is 19.3 Å². The minimum absolute atomic E-state index is 0.0345. The number of carbonyl (C=O) groups excluding carboxylic acids is 2. The normalized spacial score (nSPS) is 28.4. The molecule has 140 valence electrons. The summed E-state index contributed by atoms with van der Waals surface area (Å²) in [6.45, 7) is 4.55. The first-order valence-corrected chi connectivity index (χ1v) is 9.49. The zero-order valence-electron chi connectivity index (χ0n) is 15.3. The lowest BCUT2D eigenvalue weighted by Gasteiger charge is -2.44. The third-order valence-electron chi connectivity index (χ3n) is 5.64. The highest BCUT2D eigenvalue weighted by atomic mass is 16.5. The van der Waals surface area contributed by atoms with Crippen LogP contribution in [0.25, 0.3) is 0 Å². The number of hydrogen-bond acceptors (Lipinski definition) is 4. The van der Waals surface area contributed by atoms with E-state index in [1.807, 2.05) is 34.1 Å². The fourth-order valence-electron chi connectivity index (χ4n) is 4.31. The van der Waals surface area contributed by atoms with Crippen LogP contribution in [-0.2, 0) is 20.9 Å². The van der Waals surface area contributed by atoms with Crippen molar-refractivity contribution in [2.75, 3.05) is 26.2 Å². The Morgan fingerprint density at radius 3 is 2.73 bits per heavy atom. The lowest BCUT2D eigenvalue weighted by molar-refractivity contribution is -0.148. The van der Waals surface area contributed by atoms with Gasteiger partial charge in [0, 0.05) is 32.2 Å². The zero-order valence-corrected chi connectivity index (χ0v) is 15.3. The quantitative estimate of drug-likeness (QED) is 0.770. The second kappa shape index (κ2) is 6.91. The van der Waals surface area contributed by atoms with Crippen LogP contribution in [0.2, 0.25) is 0 Å². The topological polar surface area (TPSA) is 59.1 Å². The lowest BCUT2D eigenvalue weighted by atomic mass is 9.91. The maximum absolute atomic E-state index is 12.8. The average Bonchev–Trinajstić information content (AvgIpc) is 3.11. The molecule has 0 saturated carbocycles. The number of piperidine rings is 1. The molecule has 1 spiro atoms. The Kier molecular flexibility index (Phi) is 4.61. The molecule has 3 aliphatic heterocycles. The van der Waals surface area contributed by atoms with E-state index in [-0.39, 0.29) is 17.9 Å². The third kappa shape index (κ3) is 3.30. The number of ether oxygens (including phenoxy) is 2. The Hall–Kier alpha value is -2.08. The summed E-state index contributed by atoms with van der Waals surface area (Å²) in [4.78, 5) is 28.7. The molecular formula is C20H26N2O4. The predicted molar refractivity (Wildman–Crippen MR) is 95.7 cm³/mol. The van der Waals surface area contributed by atoms with Crippen molar-refractivity contribution in [3.05, 3.63) is 29.8 Å². The summed E-state index contributed by atoms with van der Waals surface area (Å²) in [5.41, 5.74) is 0.465. The molecule has 0 bridgehead atoms. The average molecular weight is 358 g/mol. The number of carbonyl (C=O) groups is 2. The molecule has 3 heterocycles. The number of nitrogens with zero attached hydrogens (tertiary/aromatic N) is 2. The van der Waals surface area contributed by atoms with Gasteiger partial charge in [0.2, 0.25) is 5.91 Å². The van der Waals surface area contributed by atoms with Gasteiger partial charge in [0.1, 0.15) is 17.5 Å². The summed E-state index contributed by atoms with van der Waals surface area (Å²) in [5, 5.41) is 0. The van der Waals surface area contributed by atoms with E-state index in [1.165, 1.54) is 0 Å². The Morgan fingerprint density at radius 2 is 1.96 bits per heavy atom. The fourth-order valence-corrected chi connectivity index (χ4v) is 4.31. The van der Waals surface area contributed by atoms with Crippen LogP contribution >= 0.6 is 0 Å². The summed E-state index contributed by atoms with van der Waals surface area (Å²) in [6, 6.07) is 7.88. The van der Waals surface area contributed by atoms with Gasteiger partial charge in [0.15, 0.2) is 0 Å². The van der Waals surface area contributed by atoms with Crippen LogP contribution in [0.5, 0.6) is 5.75 Å². The molecule has 2 saturated heterocycles. The summed E-state index contributed by atoms with van der Waals surface area (Å²) in [6.07, 6.45) is 3.13. The standard InChI is InChI=1S/C20H26N2O4/c1-15(23)22-12-16-6-2-3-7-17(16)26-20(14-22)9-5-10-21(13-20)19(24)18-8-4-11-25-18/h2-3,6-7,18H,4-5,8-14H2,1H3/t18-,20-/m0/s1. The van der Waals surface area contributed by atoms with Crippen molar-refractivity contribution in [3.8, 4) is 5.75 Å². The first-order valence-electron chi connectivity index (χ1n) is 9.49. The molecule has 2 atom stereocenters. The molecular weight excluding hydrogens is 332 g/mol. The van der Waals surface area contributed by atoms with Crippen LogP contribution in [0.1, 0.15) is 38.2 Å². The number of benzene rings is 1. The fraction of sp³-hybridized carbons (Fsp3) is 0.600. The summed E-state index contributed by atoms with van der Waals surface area (Å²) >= 11 is 0. The molecule has 3 aliphatic rings. The molecule has 1 aromatic rings. The van der Waals surface area contributed by atoms with Crippen LogP contribution in [0.4, 0.5) is 0 Å². The van der Waals surface area contributed by atoms with E-state index < -0.39 is 5.60 Å². The van der Waals surface area contributed by atoms with E-state index in [9.17, 15) is 9.59 Å². The highest BCUT2D eigenvalue weighted by Gasteiger charge is 2.44. The first kappa shape index (κ1) is 17.3. The summed E-state index contributed by atoms with van der Waals surface area (Å²) in [5.74, 6) is 0.923. The monoisotopic (exact) mass is 358 g/mol. The van der Waals surface area contributed by atoms with Crippen molar-refractivity contribution in [1.82, 2.24) is 9.80 Å². The molecule has 0 N–H and O–H groups in total. The van der Waals surface area contributed by atoms with Gasteiger partial charge in [-0.05, 0) is 31.7 Å². The lowest BCUT2D eigenvalue weighted by Crippen LogP contribution is -2.59. The molecule has 0 radical (unpaired) electrons. The van der Waals surface area contributed by atoms with Crippen molar-refractivity contribution >= 4 is 11.8 Å². The second-order valence-electron chi connectivity index (χ2n) is 7.63. The molecule has 2 fully saturated rings. The molecule has 0 unspecified atom stereocenters. The zero-order chi connectivity index (χ0) is 18.1. The molecule has 6 heteroatoms. The van der Waals surface area contributed by atoms with Crippen LogP contribution in [-0.4, -0.2) is 59.6 Å². The first-order chi connectivity index (χ1) is 12.6. The van der Waals surface area contributed by atoms with Crippen LogP contribution in [0.3, 0.4) is 0 Å². The maximum Gasteiger partial charge on any atom is 0.251 e. The van der Waals surface area contributed by atoms with Crippen molar-refractivity contribution in [2.24, 2.45) is 0 Å². The van der Waals surface area contributed by atoms with Gasteiger partial charge in [0.25, 0.3) is 5.91 Å². The Balaban J connectivity index is 1.60. The number of para-hydroxylation sites is 1. The third-order valence-corrected chi connectivity index (χ3v) is 5.64. The van der Waals surface area contributed by atoms with Crippen LogP contribution < -0.4 is 4.74 Å². The molecule has 1 aromatic carbocycles. The largest absolute Gasteiger partial charge is 0.483 e. The molecule has 4 rings (SSSR count). The molecule has 0 aromatic heterocycles. The van der Waals surface area contributed by atoms with Gasteiger partial charge in [0.05, 0.1) is 13.1 Å². The van der Waals surface area contributed by atoms with Gasteiger partial charge in [-0.1, -0.05) is 18.2 Å². The van der Waals surface area contributed by atoms with Gasteiger partial charge in [-0.3, -0.25) is 9.59 Å². The molecule has 0 aliphatic carbocycles. The minimum Gasteiger partial charge on any atom is -0.483 e. The molecule has 26 heavy (non-hydrogen) atoms. The highest BCUT2D eigenvalue weighted by molar-refractivity contribution is 5.81. The van der Waals surface area contributed by atoms with Crippen molar-refractivity contribution < 1.29 is 19.1 Å². The van der Waals surface area contributed by atoms with Gasteiger partial charge >= 0.3 is 0 Å². The van der Waals surface area contributed by atoms with Crippen LogP contribution in [0.15, 0.2) is 24.3 Å². The number of rotatable bonds is 1. The van der Waals surface area contributed by atoms with Crippen molar-refractivity contribution in [1.29, 1.82) is 0 Å². The van der Waals surface area contributed by atoms with Gasteiger partial charge in [-0.15, -0.1) is 0 Å². The van der Waals surface area contributed by atoms with Gasteiger partial charge in [-0.2, -0.15) is 0 Å². The van der Waals surface area contributed by atoms with Gasteiger partial charge in [-0.25, -0.2) is 0 Å².